The predicted octanol–water partition coefficient (Wildman–Crippen LogP) is 2.67. The third-order valence-electron chi connectivity index (χ3n) is 3.00. The summed E-state index contributed by atoms with van der Waals surface area (Å²) in [6, 6.07) is 17.6. The Morgan fingerprint density at radius 1 is 1.16 bits per heavy atom. The van der Waals surface area contributed by atoms with Crippen molar-refractivity contribution in [1.82, 2.24) is 9.55 Å². The Hall–Kier alpha value is -2.80. The summed E-state index contributed by atoms with van der Waals surface area (Å²) in [7, 11) is 0. The van der Waals surface area contributed by atoms with Crippen LogP contribution in [-0.2, 0) is 6.42 Å². The van der Waals surface area contributed by atoms with Crippen molar-refractivity contribution in [1.29, 1.82) is 5.26 Å². The summed E-state index contributed by atoms with van der Waals surface area (Å²) in [5.74, 6) is 0.731. The standard InChI is InChI=1S/C15H12N4/c16-9-8-15-18-13-6-1-2-7-14(13)19(15)12-5-3-4-11(17)10-12/h1-7,10H,8,17H2. The van der Waals surface area contributed by atoms with Crippen LogP contribution >= 0.6 is 0 Å². The second kappa shape index (κ2) is 4.46. The van der Waals surface area contributed by atoms with Crippen LogP contribution in [0.5, 0.6) is 0 Å². The number of hydrogen-bond acceptors (Lipinski definition) is 3. The van der Waals surface area contributed by atoms with Gasteiger partial charge < -0.3 is 5.73 Å². The Kier molecular flexibility index (Phi) is 2.66. The molecule has 3 rings (SSSR count). The van der Waals surface area contributed by atoms with Gasteiger partial charge in [-0.05, 0) is 30.3 Å². The van der Waals surface area contributed by atoms with Crippen molar-refractivity contribution in [2.75, 3.05) is 5.73 Å². The molecule has 1 heterocycles. The minimum atomic E-state index is 0.267. The zero-order valence-electron chi connectivity index (χ0n) is 10.2. The first-order chi connectivity index (χ1) is 9.29. The molecule has 0 aliphatic carbocycles. The molecule has 0 atom stereocenters. The SMILES string of the molecule is N#CCc1nc2ccccc2n1-c1cccc(N)c1. The quantitative estimate of drug-likeness (QED) is 0.709. The maximum atomic E-state index is 8.94. The normalized spacial score (nSPS) is 10.5. The van der Waals surface area contributed by atoms with Gasteiger partial charge in [0.25, 0.3) is 0 Å². The summed E-state index contributed by atoms with van der Waals surface area (Å²) in [6.07, 6.45) is 0.267. The summed E-state index contributed by atoms with van der Waals surface area (Å²) in [4.78, 5) is 4.51. The van der Waals surface area contributed by atoms with Crippen LogP contribution in [0, 0.1) is 11.3 Å². The highest BCUT2D eigenvalue weighted by Crippen LogP contribution is 2.22. The molecule has 0 aliphatic heterocycles. The molecule has 4 heteroatoms. The van der Waals surface area contributed by atoms with Gasteiger partial charge in [-0.25, -0.2) is 4.98 Å². The molecule has 92 valence electrons. The summed E-state index contributed by atoms with van der Waals surface area (Å²) >= 11 is 0. The lowest BCUT2D eigenvalue weighted by atomic mass is 10.2. The van der Waals surface area contributed by atoms with Crippen molar-refractivity contribution < 1.29 is 0 Å². The van der Waals surface area contributed by atoms with Crippen LogP contribution in [0.2, 0.25) is 0 Å². The number of rotatable bonds is 2. The van der Waals surface area contributed by atoms with E-state index in [9.17, 15) is 0 Å². The predicted molar refractivity (Wildman–Crippen MR) is 74.8 cm³/mol. The zero-order chi connectivity index (χ0) is 13.2. The van der Waals surface area contributed by atoms with E-state index in [1.165, 1.54) is 0 Å². The Balaban J connectivity index is 2.31. The minimum absolute atomic E-state index is 0.267. The summed E-state index contributed by atoms with van der Waals surface area (Å²) in [5.41, 5.74) is 9.33. The van der Waals surface area contributed by atoms with Crippen LogP contribution in [0.1, 0.15) is 5.82 Å². The van der Waals surface area contributed by atoms with E-state index in [-0.39, 0.29) is 6.42 Å². The number of fused-ring (bicyclic) bond motifs is 1. The number of para-hydroxylation sites is 2. The van der Waals surface area contributed by atoms with Gasteiger partial charge in [0.15, 0.2) is 0 Å². The third kappa shape index (κ3) is 1.91. The fraction of sp³-hybridized carbons (Fsp3) is 0.0667. The number of anilines is 1. The van der Waals surface area contributed by atoms with Gasteiger partial charge >= 0.3 is 0 Å². The van der Waals surface area contributed by atoms with Crippen molar-refractivity contribution in [3.8, 4) is 11.8 Å². The van der Waals surface area contributed by atoms with Gasteiger partial charge in [-0.15, -0.1) is 0 Å². The molecular formula is C15H12N4. The molecule has 0 saturated carbocycles. The maximum Gasteiger partial charge on any atom is 0.128 e. The lowest BCUT2D eigenvalue weighted by Crippen LogP contribution is -2.01. The van der Waals surface area contributed by atoms with Crippen LogP contribution in [0.3, 0.4) is 0 Å². The van der Waals surface area contributed by atoms with Gasteiger partial charge in [-0.1, -0.05) is 18.2 Å². The Morgan fingerprint density at radius 3 is 2.79 bits per heavy atom. The summed E-state index contributed by atoms with van der Waals surface area (Å²) < 4.78 is 1.98. The molecule has 0 spiro atoms. The average molecular weight is 248 g/mol. The van der Waals surface area contributed by atoms with E-state index in [1.54, 1.807) is 0 Å². The van der Waals surface area contributed by atoms with E-state index in [0.717, 1.165) is 22.5 Å². The molecule has 19 heavy (non-hydrogen) atoms. The van der Waals surface area contributed by atoms with E-state index in [4.69, 9.17) is 11.0 Å². The Labute approximate surface area is 110 Å². The van der Waals surface area contributed by atoms with Crippen LogP contribution in [-0.4, -0.2) is 9.55 Å². The van der Waals surface area contributed by atoms with Gasteiger partial charge in [-0.3, -0.25) is 4.57 Å². The van der Waals surface area contributed by atoms with Gasteiger partial charge in [0.05, 0.1) is 23.5 Å². The first-order valence-electron chi connectivity index (χ1n) is 5.99. The number of nitrogen functional groups attached to an aromatic ring is 1. The number of nitrogens with zero attached hydrogens (tertiary/aromatic N) is 3. The van der Waals surface area contributed by atoms with E-state index >= 15 is 0 Å². The lowest BCUT2D eigenvalue weighted by Gasteiger charge is -2.08. The van der Waals surface area contributed by atoms with E-state index in [0.29, 0.717) is 5.69 Å². The largest absolute Gasteiger partial charge is 0.399 e. The molecule has 1 aromatic heterocycles. The fourth-order valence-electron chi connectivity index (χ4n) is 2.22. The van der Waals surface area contributed by atoms with Crippen LogP contribution in [0.4, 0.5) is 5.69 Å². The molecule has 0 aliphatic rings. The monoisotopic (exact) mass is 248 g/mol. The minimum Gasteiger partial charge on any atom is -0.399 e. The van der Waals surface area contributed by atoms with Gasteiger partial charge in [0.2, 0.25) is 0 Å². The Morgan fingerprint density at radius 2 is 2.00 bits per heavy atom. The highest BCUT2D eigenvalue weighted by Gasteiger charge is 2.11. The molecule has 0 saturated heterocycles. The van der Waals surface area contributed by atoms with E-state index in [2.05, 4.69) is 11.1 Å². The van der Waals surface area contributed by atoms with E-state index < -0.39 is 0 Å². The van der Waals surface area contributed by atoms with Crippen molar-refractivity contribution in [3.05, 3.63) is 54.4 Å². The summed E-state index contributed by atoms with van der Waals surface area (Å²) in [6.45, 7) is 0. The highest BCUT2D eigenvalue weighted by atomic mass is 15.1. The highest BCUT2D eigenvalue weighted by molar-refractivity contribution is 5.78. The Bertz CT molecular complexity index is 780. The fourth-order valence-corrected chi connectivity index (χ4v) is 2.22. The lowest BCUT2D eigenvalue weighted by molar-refractivity contribution is 0.955. The number of nitriles is 1. The number of benzene rings is 2. The van der Waals surface area contributed by atoms with Gasteiger partial charge in [0.1, 0.15) is 5.82 Å². The summed E-state index contributed by atoms with van der Waals surface area (Å²) in [5, 5.41) is 8.94. The third-order valence-corrected chi connectivity index (χ3v) is 3.00. The van der Waals surface area contributed by atoms with Crippen LogP contribution in [0.15, 0.2) is 48.5 Å². The maximum absolute atomic E-state index is 8.94. The van der Waals surface area contributed by atoms with Crippen LogP contribution < -0.4 is 5.73 Å². The second-order valence-electron chi connectivity index (χ2n) is 4.28. The van der Waals surface area contributed by atoms with E-state index in [1.807, 2.05) is 53.1 Å². The number of imidazole rings is 1. The smallest absolute Gasteiger partial charge is 0.128 e. The molecule has 0 amide bonds. The molecule has 4 nitrogen and oxygen atoms in total. The molecule has 2 aromatic carbocycles. The first-order valence-corrected chi connectivity index (χ1v) is 5.99. The molecule has 2 N–H and O–H groups in total. The topological polar surface area (TPSA) is 67.6 Å². The second-order valence-corrected chi connectivity index (χ2v) is 4.28. The molecular weight excluding hydrogens is 236 g/mol. The van der Waals surface area contributed by atoms with Crippen molar-refractivity contribution in [2.45, 2.75) is 6.42 Å². The zero-order valence-corrected chi connectivity index (χ0v) is 10.2. The molecule has 0 unspecified atom stereocenters. The van der Waals surface area contributed by atoms with Crippen molar-refractivity contribution in [3.63, 3.8) is 0 Å². The molecule has 0 radical (unpaired) electrons. The molecule has 0 bridgehead atoms. The number of nitrogens with two attached hydrogens (primary N) is 1. The van der Waals surface area contributed by atoms with Gasteiger partial charge in [0, 0.05) is 11.4 Å². The number of hydrogen-bond donors (Lipinski definition) is 1. The number of aromatic nitrogens is 2. The first kappa shape index (κ1) is 11.3. The van der Waals surface area contributed by atoms with Gasteiger partial charge in [-0.2, -0.15) is 5.26 Å². The average Bonchev–Trinajstić information content (AvgIpc) is 2.77. The van der Waals surface area contributed by atoms with Crippen molar-refractivity contribution in [2.24, 2.45) is 0 Å². The molecule has 0 fully saturated rings. The van der Waals surface area contributed by atoms with Crippen LogP contribution in [0.25, 0.3) is 16.7 Å². The molecule has 3 aromatic rings. The van der Waals surface area contributed by atoms with Crippen molar-refractivity contribution >= 4 is 16.7 Å².